The van der Waals surface area contributed by atoms with Crippen LogP contribution in [0, 0.1) is 0 Å². The Kier molecular flexibility index (Phi) is 3.12. The summed E-state index contributed by atoms with van der Waals surface area (Å²) in [5.41, 5.74) is -0.395. The SMILES string of the molecule is CC(C)(C)OC(=O)N1C2CCC1CC(S)C2. The van der Waals surface area contributed by atoms with Crippen molar-refractivity contribution in [1.29, 1.82) is 0 Å². The highest BCUT2D eigenvalue weighted by Crippen LogP contribution is 2.38. The Morgan fingerprint density at radius 3 is 2.19 bits per heavy atom. The van der Waals surface area contributed by atoms with E-state index in [4.69, 9.17) is 4.74 Å². The fourth-order valence-corrected chi connectivity index (χ4v) is 3.25. The number of hydrogen-bond donors (Lipinski definition) is 1. The number of thiol groups is 1. The Labute approximate surface area is 103 Å². The number of amides is 1. The lowest BCUT2D eigenvalue weighted by Crippen LogP contribution is -2.48. The average molecular weight is 243 g/mol. The van der Waals surface area contributed by atoms with Crippen molar-refractivity contribution in [2.45, 2.75) is 69.4 Å². The largest absolute Gasteiger partial charge is 0.444 e. The molecule has 3 nitrogen and oxygen atoms in total. The highest BCUT2D eigenvalue weighted by Gasteiger charge is 2.43. The van der Waals surface area contributed by atoms with Gasteiger partial charge in [0.15, 0.2) is 0 Å². The first-order valence-electron chi connectivity index (χ1n) is 6.06. The molecule has 0 radical (unpaired) electrons. The third-order valence-corrected chi connectivity index (χ3v) is 3.73. The molecule has 1 amide bonds. The summed E-state index contributed by atoms with van der Waals surface area (Å²) in [6, 6.07) is 0.715. The molecular formula is C12H21NO2S. The van der Waals surface area contributed by atoms with Crippen LogP contribution in [0.4, 0.5) is 4.79 Å². The molecule has 4 heteroatoms. The fraction of sp³-hybridized carbons (Fsp3) is 0.917. The van der Waals surface area contributed by atoms with Crippen molar-refractivity contribution in [1.82, 2.24) is 4.90 Å². The number of carbonyl (C=O) groups excluding carboxylic acids is 1. The normalized spacial score (nSPS) is 34.0. The monoisotopic (exact) mass is 243 g/mol. The second-order valence-corrected chi connectivity index (χ2v) is 6.63. The Morgan fingerprint density at radius 2 is 1.75 bits per heavy atom. The van der Waals surface area contributed by atoms with Crippen LogP contribution in [-0.2, 0) is 4.74 Å². The van der Waals surface area contributed by atoms with Gasteiger partial charge in [-0.3, -0.25) is 0 Å². The maximum Gasteiger partial charge on any atom is 0.410 e. The van der Waals surface area contributed by atoms with Crippen LogP contribution in [0.15, 0.2) is 0 Å². The molecule has 2 saturated heterocycles. The molecule has 0 aromatic heterocycles. The van der Waals surface area contributed by atoms with Crippen LogP contribution < -0.4 is 0 Å². The van der Waals surface area contributed by atoms with Gasteiger partial charge in [0.2, 0.25) is 0 Å². The van der Waals surface area contributed by atoms with Gasteiger partial charge in [0.1, 0.15) is 5.60 Å². The fourth-order valence-electron chi connectivity index (χ4n) is 2.76. The maximum absolute atomic E-state index is 12.1. The average Bonchev–Trinajstić information content (AvgIpc) is 2.36. The second-order valence-electron chi connectivity index (χ2n) is 5.90. The van der Waals surface area contributed by atoms with Crippen LogP contribution >= 0.6 is 12.6 Å². The number of carbonyl (C=O) groups is 1. The first-order valence-corrected chi connectivity index (χ1v) is 6.58. The first-order chi connectivity index (χ1) is 7.37. The van der Waals surface area contributed by atoms with Crippen molar-refractivity contribution in [3.63, 3.8) is 0 Å². The number of piperidine rings is 1. The van der Waals surface area contributed by atoms with Gasteiger partial charge in [-0.25, -0.2) is 4.79 Å². The van der Waals surface area contributed by atoms with E-state index in [0.717, 1.165) is 25.7 Å². The minimum absolute atomic E-state index is 0.139. The number of nitrogens with zero attached hydrogens (tertiary/aromatic N) is 1. The molecule has 2 heterocycles. The van der Waals surface area contributed by atoms with Crippen molar-refractivity contribution < 1.29 is 9.53 Å². The first kappa shape index (κ1) is 12.1. The van der Waals surface area contributed by atoms with Gasteiger partial charge >= 0.3 is 6.09 Å². The summed E-state index contributed by atoms with van der Waals surface area (Å²) in [5.74, 6) is 0. The molecule has 0 N–H and O–H groups in total. The third-order valence-electron chi connectivity index (χ3n) is 3.31. The van der Waals surface area contributed by atoms with E-state index >= 15 is 0 Å². The zero-order valence-electron chi connectivity index (χ0n) is 10.3. The smallest absolute Gasteiger partial charge is 0.410 e. The van der Waals surface area contributed by atoms with Gasteiger partial charge in [-0.1, -0.05) is 0 Å². The molecule has 0 saturated carbocycles. The van der Waals surface area contributed by atoms with E-state index in [-0.39, 0.29) is 6.09 Å². The van der Waals surface area contributed by atoms with Gasteiger partial charge in [-0.05, 0) is 46.5 Å². The van der Waals surface area contributed by atoms with Crippen molar-refractivity contribution in [3.8, 4) is 0 Å². The molecule has 2 unspecified atom stereocenters. The second kappa shape index (κ2) is 4.13. The van der Waals surface area contributed by atoms with Crippen molar-refractivity contribution >= 4 is 18.7 Å². The van der Waals surface area contributed by atoms with E-state index in [1.165, 1.54) is 0 Å². The van der Waals surface area contributed by atoms with E-state index in [9.17, 15) is 4.79 Å². The Morgan fingerprint density at radius 1 is 1.25 bits per heavy atom. The maximum atomic E-state index is 12.1. The topological polar surface area (TPSA) is 29.5 Å². The summed E-state index contributed by atoms with van der Waals surface area (Å²) in [5, 5.41) is 0.455. The summed E-state index contributed by atoms with van der Waals surface area (Å²) in [6.45, 7) is 5.74. The van der Waals surface area contributed by atoms with E-state index in [0.29, 0.717) is 17.3 Å². The number of rotatable bonds is 0. The molecular weight excluding hydrogens is 222 g/mol. The lowest BCUT2D eigenvalue weighted by atomic mass is 10.0. The van der Waals surface area contributed by atoms with Gasteiger partial charge in [-0.15, -0.1) is 0 Å². The predicted molar refractivity (Wildman–Crippen MR) is 66.9 cm³/mol. The molecule has 2 rings (SSSR count). The zero-order chi connectivity index (χ0) is 11.9. The van der Waals surface area contributed by atoms with Crippen LogP contribution in [0.25, 0.3) is 0 Å². The molecule has 0 aromatic rings. The van der Waals surface area contributed by atoms with Crippen LogP contribution in [0.3, 0.4) is 0 Å². The lowest BCUT2D eigenvalue weighted by Gasteiger charge is -2.38. The summed E-state index contributed by atoms with van der Waals surface area (Å²) < 4.78 is 5.46. The van der Waals surface area contributed by atoms with Gasteiger partial charge in [0.25, 0.3) is 0 Å². The molecule has 2 bridgehead atoms. The molecule has 2 atom stereocenters. The van der Waals surface area contributed by atoms with E-state index in [1.807, 2.05) is 25.7 Å². The molecule has 16 heavy (non-hydrogen) atoms. The zero-order valence-corrected chi connectivity index (χ0v) is 11.2. The predicted octanol–water partition coefficient (Wildman–Crippen LogP) is 2.85. The highest BCUT2D eigenvalue weighted by molar-refractivity contribution is 7.80. The van der Waals surface area contributed by atoms with E-state index < -0.39 is 5.60 Å². The van der Waals surface area contributed by atoms with Crippen molar-refractivity contribution in [2.75, 3.05) is 0 Å². The Balaban J connectivity index is 2.03. The van der Waals surface area contributed by atoms with Gasteiger partial charge in [0.05, 0.1) is 0 Å². The van der Waals surface area contributed by atoms with Crippen molar-refractivity contribution in [2.24, 2.45) is 0 Å². The summed E-state index contributed by atoms with van der Waals surface area (Å²) in [7, 11) is 0. The Hall–Kier alpha value is -0.380. The summed E-state index contributed by atoms with van der Waals surface area (Å²) in [4.78, 5) is 14.0. The van der Waals surface area contributed by atoms with Gasteiger partial charge < -0.3 is 9.64 Å². The number of fused-ring (bicyclic) bond motifs is 2. The Bertz CT molecular complexity index is 273. The molecule has 0 aromatic carbocycles. The van der Waals surface area contributed by atoms with Crippen molar-refractivity contribution in [3.05, 3.63) is 0 Å². The lowest BCUT2D eigenvalue weighted by molar-refractivity contribution is 0.00848. The molecule has 0 spiro atoms. The number of hydrogen-bond acceptors (Lipinski definition) is 3. The van der Waals surface area contributed by atoms with Crippen LogP contribution in [0.5, 0.6) is 0 Å². The number of ether oxygens (including phenoxy) is 1. The third kappa shape index (κ3) is 2.47. The molecule has 2 aliphatic rings. The minimum Gasteiger partial charge on any atom is -0.444 e. The van der Waals surface area contributed by atoms with Crippen LogP contribution in [0.1, 0.15) is 46.5 Å². The molecule has 0 aliphatic carbocycles. The molecule has 2 aliphatic heterocycles. The quantitative estimate of drug-likeness (QED) is 0.663. The molecule has 2 fully saturated rings. The van der Waals surface area contributed by atoms with Gasteiger partial charge in [-0.2, -0.15) is 12.6 Å². The van der Waals surface area contributed by atoms with Crippen LogP contribution in [-0.4, -0.2) is 33.9 Å². The summed E-state index contributed by atoms with van der Waals surface area (Å²) >= 11 is 4.54. The molecule has 92 valence electrons. The highest BCUT2D eigenvalue weighted by atomic mass is 32.1. The standard InChI is InChI=1S/C12H21NO2S/c1-12(2,3)15-11(14)13-8-4-5-9(13)7-10(16)6-8/h8-10,16H,4-7H2,1-3H3. The van der Waals surface area contributed by atoms with Crippen LogP contribution in [0.2, 0.25) is 0 Å². The van der Waals surface area contributed by atoms with Gasteiger partial charge in [0, 0.05) is 17.3 Å². The minimum atomic E-state index is -0.395. The van der Waals surface area contributed by atoms with E-state index in [2.05, 4.69) is 12.6 Å². The summed E-state index contributed by atoms with van der Waals surface area (Å²) in [6.07, 6.45) is 4.11. The van der Waals surface area contributed by atoms with E-state index in [1.54, 1.807) is 0 Å².